The van der Waals surface area contributed by atoms with Gasteiger partial charge in [0.1, 0.15) is 18.3 Å². The number of hydrogen-bond donors (Lipinski definition) is 1. The summed E-state index contributed by atoms with van der Waals surface area (Å²) >= 11 is 0. The second-order valence-electron chi connectivity index (χ2n) is 6.33. The van der Waals surface area contributed by atoms with Crippen molar-refractivity contribution in [3.8, 4) is 0 Å². The summed E-state index contributed by atoms with van der Waals surface area (Å²) in [6.07, 6.45) is 0.260. The van der Waals surface area contributed by atoms with Crippen LogP contribution in [0.4, 0.5) is 0 Å². The normalized spacial score (nSPS) is 28.8. The molecule has 0 spiro atoms. The van der Waals surface area contributed by atoms with Gasteiger partial charge in [0.15, 0.2) is 0 Å². The van der Waals surface area contributed by atoms with Gasteiger partial charge in [-0.15, -0.1) is 0 Å². The van der Waals surface area contributed by atoms with Gasteiger partial charge in [0.25, 0.3) is 11.8 Å². The van der Waals surface area contributed by atoms with E-state index in [-0.39, 0.29) is 24.2 Å². The molecule has 0 bridgehead atoms. The van der Waals surface area contributed by atoms with E-state index in [4.69, 9.17) is 4.74 Å². The molecule has 2 fully saturated rings. The zero-order chi connectivity index (χ0) is 17.7. The molecule has 0 aliphatic carbocycles. The van der Waals surface area contributed by atoms with Crippen molar-refractivity contribution in [1.29, 1.82) is 0 Å². The molecular formula is C17H16N2O6. The highest BCUT2D eigenvalue weighted by molar-refractivity contribution is 6.22. The molecule has 3 heterocycles. The van der Waals surface area contributed by atoms with Crippen LogP contribution < -0.4 is 0 Å². The van der Waals surface area contributed by atoms with Gasteiger partial charge in [-0.25, -0.2) is 4.79 Å². The molecule has 3 aliphatic heterocycles. The Morgan fingerprint density at radius 2 is 1.68 bits per heavy atom. The SMILES string of the molecule is O=C(O)C1CCC2OCCC(N3C(=O)c4ccccc4C3=O)C(=O)N21. The van der Waals surface area contributed by atoms with Crippen molar-refractivity contribution in [1.82, 2.24) is 9.80 Å². The molecule has 2 saturated heterocycles. The average molecular weight is 344 g/mol. The molecule has 8 nitrogen and oxygen atoms in total. The fraction of sp³-hybridized carbons (Fsp3) is 0.412. The molecule has 25 heavy (non-hydrogen) atoms. The van der Waals surface area contributed by atoms with E-state index in [1.54, 1.807) is 24.3 Å². The number of ether oxygens (including phenoxy) is 1. The van der Waals surface area contributed by atoms with Crippen LogP contribution in [0.15, 0.2) is 24.3 Å². The number of carbonyl (C=O) groups is 4. The van der Waals surface area contributed by atoms with Crippen molar-refractivity contribution >= 4 is 23.7 Å². The Kier molecular flexibility index (Phi) is 3.57. The number of nitrogens with zero attached hydrogens (tertiary/aromatic N) is 2. The number of benzene rings is 1. The molecule has 4 rings (SSSR count). The molecule has 130 valence electrons. The van der Waals surface area contributed by atoms with E-state index in [0.717, 1.165) is 4.90 Å². The van der Waals surface area contributed by atoms with Gasteiger partial charge in [-0.3, -0.25) is 19.3 Å². The van der Waals surface area contributed by atoms with Crippen LogP contribution in [0.2, 0.25) is 0 Å². The smallest absolute Gasteiger partial charge is 0.326 e. The van der Waals surface area contributed by atoms with Gasteiger partial charge >= 0.3 is 5.97 Å². The summed E-state index contributed by atoms with van der Waals surface area (Å²) < 4.78 is 5.61. The van der Waals surface area contributed by atoms with E-state index in [1.807, 2.05) is 0 Å². The summed E-state index contributed by atoms with van der Waals surface area (Å²) in [5.74, 6) is -2.70. The fourth-order valence-electron chi connectivity index (χ4n) is 3.82. The van der Waals surface area contributed by atoms with Gasteiger partial charge < -0.3 is 14.7 Å². The first-order chi connectivity index (χ1) is 12.0. The molecule has 0 saturated carbocycles. The van der Waals surface area contributed by atoms with Crippen molar-refractivity contribution in [2.24, 2.45) is 0 Å². The monoisotopic (exact) mass is 344 g/mol. The maximum Gasteiger partial charge on any atom is 0.326 e. The number of carboxylic acids is 1. The minimum Gasteiger partial charge on any atom is -0.480 e. The number of rotatable bonds is 2. The Balaban J connectivity index is 1.69. The Morgan fingerprint density at radius 1 is 1.04 bits per heavy atom. The zero-order valence-corrected chi connectivity index (χ0v) is 13.3. The third kappa shape index (κ3) is 2.25. The number of carbonyl (C=O) groups excluding carboxylic acids is 3. The lowest BCUT2D eigenvalue weighted by Crippen LogP contribution is -2.54. The zero-order valence-electron chi connectivity index (χ0n) is 13.3. The van der Waals surface area contributed by atoms with E-state index < -0.39 is 42.0 Å². The van der Waals surface area contributed by atoms with E-state index in [2.05, 4.69) is 0 Å². The van der Waals surface area contributed by atoms with Gasteiger partial charge in [0.2, 0.25) is 5.91 Å². The molecule has 0 radical (unpaired) electrons. The van der Waals surface area contributed by atoms with Crippen molar-refractivity contribution in [2.75, 3.05) is 6.61 Å². The van der Waals surface area contributed by atoms with Gasteiger partial charge in [-0.2, -0.15) is 0 Å². The second kappa shape index (κ2) is 5.66. The minimum atomic E-state index is -1.11. The molecule has 3 amide bonds. The Hall–Kier alpha value is -2.74. The predicted octanol–water partition coefficient (Wildman–Crippen LogP) is 0.473. The first-order valence-corrected chi connectivity index (χ1v) is 8.14. The summed E-state index contributed by atoms with van der Waals surface area (Å²) in [5.41, 5.74) is 0.524. The van der Waals surface area contributed by atoms with Gasteiger partial charge in [-0.05, 0) is 25.0 Å². The molecule has 0 aromatic heterocycles. The Morgan fingerprint density at radius 3 is 2.28 bits per heavy atom. The van der Waals surface area contributed by atoms with E-state index >= 15 is 0 Å². The van der Waals surface area contributed by atoms with Crippen LogP contribution in [0.1, 0.15) is 40.0 Å². The first-order valence-electron chi connectivity index (χ1n) is 8.14. The lowest BCUT2D eigenvalue weighted by atomic mass is 10.1. The summed E-state index contributed by atoms with van der Waals surface area (Å²) in [4.78, 5) is 51.9. The highest BCUT2D eigenvalue weighted by Crippen LogP contribution is 2.33. The summed E-state index contributed by atoms with van der Waals surface area (Å²) in [6, 6.07) is 4.37. The number of carboxylic acid groups (broad SMARTS) is 1. The van der Waals surface area contributed by atoms with Crippen LogP contribution in [0.25, 0.3) is 0 Å². The van der Waals surface area contributed by atoms with Crippen LogP contribution >= 0.6 is 0 Å². The van der Waals surface area contributed by atoms with Crippen LogP contribution in [0.5, 0.6) is 0 Å². The Bertz CT molecular complexity index is 756. The summed E-state index contributed by atoms with van der Waals surface area (Å²) in [5, 5.41) is 9.36. The van der Waals surface area contributed by atoms with Crippen LogP contribution in [-0.2, 0) is 14.3 Å². The quantitative estimate of drug-likeness (QED) is 0.782. The van der Waals surface area contributed by atoms with Gasteiger partial charge in [0, 0.05) is 6.42 Å². The first kappa shape index (κ1) is 15.8. The third-order valence-corrected chi connectivity index (χ3v) is 5.00. The van der Waals surface area contributed by atoms with Crippen molar-refractivity contribution < 1.29 is 29.0 Å². The summed E-state index contributed by atoms with van der Waals surface area (Å²) in [7, 11) is 0. The van der Waals surface area contributed by atoms with Crippen LogP contribution in [-0.4, -0.2) is 63.5 Å². The van der Waals surface area contributed by atoms with Crippen molar-refractivity contribution in [2.45, 2.75) is 37.6 Å². The molecule has 3 unspecified atom stereocenters. The molecule has 3 atom stereocenters. The molecule has 1 aromatic rings. The number of amides is 3. The highest BCUT2D eigenvalue weighted by Gasteiger charge is 2.50. The van der Waals surface area contributed by atoms with E-state index in [1.165, 1.54) is 4.90 Å². The number of imide groups is 1. The largest absolute Gasteiger partial charge is 0.480 e. The van der Waals surface area contributed by atoms with Gasteiger partial charge in [-0.1, -0.05) is 12.1 Å². The predicted molar refractivity (Wildman–Crippen MR) is 82.6 cm³/mol. The standard InChI is InChI=1S/C17H16N2O6/c20-14-9-3-1-2-4-10(9)15(21)19(14)11-7-8-25-13-6-5-12(17(23)24)18(13)16(11)22/h1-4,11-13H,5-8H2,(H,23,24). The van der Waals surface area contributed by atoms with Gasteiger partial charge in [0.05, 0.1) is 17.7 Å². The van der Waals surface area contributed by atoms with E-state index in [0.29, 0.717) is 12.8 Å². The van der Waals surface area contributed by atoms with Crippen LogP contribution in [0, 0.1) is 0 Å². The molecular weight excluding hydrogens is 328 g/mol. The maximum absolute atomic E-state index is 13.0. The summed E-state index contributed by atoms with van der Waals surface area (Å²) in [6.45, 7) is 0.178. The fourth-order valence-corrected chi connectivity index (χ4v) is 3.82. The van der Waals surface area contributed by atoms with Crippen molar-refractivity contribution in [3.05, 3.63) is 35.4 Å². The molecule has 1 N–H and O–H groups in total. The lowest BCUT2D eigenvalue weighted by molar-refractivity contribution is -0.156. The Labute approximate surface area is 143 Å². The number of hydrogen-bond acceptors (Lipinski definition) is 5. The highest BCUT2D eigenvalue weighted by atomic mass is 16.5. The lowest BCUT2D eigenvalue weighted by Gasteiger charge is -2.30. The van der Waals surface area contributed by atoms with Crippen LogP contribution in [0.3, 0.4) is 0 Å². The molecule has 8 heteroatoms. The molecule has 3 aliphatic rings. The topological polar surface area (TPSA) is 104 Å². The molecule has 1 aromatic carbocycles. The average Bonchev–Trinajstić information content (AvgIpc) is 3.08. The number of fused-ring (bicyclic) bond motifs is 2. The second-order valence-corrected chi connectivity index (χ2v) is 6.33. The number of aliphatic carboxylic acids is 1. The minimum absolute atomic E-state index is 0.156. The van der Waals surface area contributed by atoms with E-state index in [9.17, 15) is 24.3 Å². The maximum atomic E-state index is 13.0. The third-order valence-electron chi connectivity index (χ3n) is 5.00. The van der Waals surface area contributed by atoms with Crippen molar-refractivity contribution in [3.63, 3.8) is 0 Å².